The molecule has 3 aromatic carbocycles. The minimum atomic E-state index is -0.894. The SMILES string of the molecule is COC(=O)C1(Nc2cccc(Cl)c2)CCC2(CC1)c1cc3c(cc1C[C@@H]2C[C@@H](C)COc1ccnc2c1[C@H](C)CCC2)OCC(C1(N(C)C(=O)OCc2ccccc2)CC1)CO3. The summed E-state index contributed by atoms with van der Waals surface area (Å²) in [5.74, 6) is 3.22. The number of rotatable bonds is 12. The van der Waals surface area contributed by atoms with Crippen LogP contribution in [0.15, 0.2) is 79.0 Å². The number of nitrogens with one attached hydrogen (secondary N) is 1. The average molecular weight is 863 g/mol. The van der Waals surface area contributed by atoms with Crippen LogP contribution in [0.3, 0.4) is 0 Å². The van der Waals surface area contributed by atoms with Crippen molar-refractivity contribution in [3.63, 3.8) is 0 Å². The number of hydrogen-bond donors (Lipinski definition) is 1. The molecule has 0 saturated heterocycles. The first-order valence-electron chi connectivity index (χ1n) is 22.6. The highest BCUT2D eigenvalue weighted by Crippen LogP contribution is 2.58. The summed E-state index contributed by atoms with van der Waals surface area (Å²) in [7, 11) is 3.31. The number of carbonyl (C=O) groups is 2. The Kier molecular flexibility index (Phi) is 11.8. The summed E-state index contributed by atoms with van der Waals surface area (Å²) in [6, 6.07) is 23.8. The largest absolute Gasteiger partial charge is 0.493 e. The summed E-state index contributed by atoms with van der Waals surface area (Å²) in [5.41, 5.74) is 5.30. The minimum Gasteiger partial charge on any atom is -0.493 e. The number of aryl methyl sites for hydroxylation is 1. The van der Waals surface area contributed by atoms with Crippen molar-refractivity contribution in [2.24, 2.45) is 17.8 Å². The van der Waals surface area contributed by atoms with Crippen molar-refractivity contribution in [1.82, 2.24) is 9.88 Å². The van der Waals surface area contributed by atoms with Gasteiger partial charge in [0, 0.05) is 35.2 Å². The first kappa shape index (κ1) is 42.3. The number of fused-ring (bicyclic) bond motifs is 4. The molecule has 5 aliphatic rings. The van der Waals surface area contributed by atoms with Gasteiger partial charge in [-0.05, 0) is 147 Å². The lowest BCUT2D eigenvalue weighted by molar-refractivity contribution is -0.148. The molecule has 4 aromatic rings. The van der Waals surface area contributed by atoms with E-state index in [2.05, 4.69) is 31.3 Å². The lowest BCUT2D eigenvalue weighted by Crippen LogP contribution is -2.53. The van der Waals surface area contributed by atoms with E-state index in [1.54, 1.807) is 4.90 Å². The number of halogens is 1. The van der Waals surface area contributed by atoms with E-state index < -0.39 is 5.54 Å². The van der Waals surface area contributed by atoms with Crippen LogP contribution < -0.4 is 19.5 Å². The third kappa shape index (κ3) is 8.08. The maximum absolute atomic E-state index is 13.8. The zero-order valence-electron chi connectivity index (χ0n) is 36.6. The van der Waals surface area contributed by atoms with Gasteiger partial charge in [0.1, 0.15) is 17.9 Å². The van der Waals surface area contributed by atoms with Crippen molar-refractivity contribution in [3.8, 4) is 17.2 Å². The van der Waals surface area contributed by atoms with Crippen LogP contribution in [0, 0.1) is 17.8 Å². The van der Waals surface area contributed by atoms with Gasteiger partial charge in [-0.2, -0.15) is 0 Å². The van der Waals surface area contributed by atoms with Crippen LogP contribution in [-0.4, -0.2) is 67.0 Å². The predicted octanol–water partition coefficient (Wildman–Crippen LogP) is 10.5. The number of aromatic nitrogens is 1. The molecule has 328 valence electrons. The fraction of sp³-hybridized carbons (Fsp3) is 0.510. The van der Waals surface area contributed by atoms with Crippen molar-refractivity contribution < 1.29 is 33.3 Å². The van der Waals surface area contributed by atoms with Gasteiger partial charge in [-0.1, -0.05) is 61.8 Å². The highest BCUT2D eigenvalue weighted by atomic mass is 35.5. The maximum atomic E-state index is 13.8. The van der Waals surface area contributed by atoms with Gasteiger partial charge in [0.2, 0.25) is 0 Å². The molecule has 2 fully saturated rings. The lowest BCUT2D eigenvalue weighted by Gasteiger charge is -2.47. The Hall–Kier alpha value is -4.96. The molecular weight excluding hydrogens is 802 g/mol. The number of nitrogens with zero attached hydrogens (tertiary/aromatic N) is 2. The molecule has 10 nitrogen and oxygen atoms in total. The quantitative estimate of drug-likeness (QED) is 0.139. The molecular formula is C51H60ClN3O7. The second-order valence-electron chi connectivity index (χ2n) is 18.9. The summed E-state index contributed by atoms with van der Waals surface area (Å²) in [6.45, 7) is 6.31. The van der Waals surface area contributed by atoms with E-state index in [1.807, 2.05) is 73.9 Å². The molecule has 1 spiro atoms. The molecule has 0 bridgehead atoms. The van der Waals surface area contributed by atoms with E-state index in [-0.39, 0.29) is 41.5 Å². The minimum absolute atomic E-state index is 0.0246. The number of pyridine rings is 1. The number of carbonyl (C=O) groups excluding carboxylic acids is 2. The van der Waals surface area contributed by atoms with Crippen LogP contribution in [0.5, 0.6) is 17.2 Å². The lowest BCUT2D eigenvalue weighted by atomic mass is 9.59. The Morgan fingerprint density at radius 2 is 1.73 bits per heavy atom. The van der Waals surface area contributed by atoms with Crippen molar-refractivity contribution in [2.75, 3.05) is 39.3 Å². The van der Waals surface area contributed by atoms with Gasteiger partial charge < -0.3 is 33.9 Å². The molecule has 11 heteroatoms. The van der Waals surface area contributed by atoms with Gasteiger partial charge >= 0.3 is 12.1 Å². The Morgan fingerprint density at radius 3 is 2.45 bits per heavy atom. The molecule has 1 N–H and O–H groups in total. The highest BCUT2D eigenvalue weighted by Gasteiger charge is 2.57. The molecule has 9 rings (SSSR count). The van der Waals surface area contributed by atoms with Crippen LogP contribution in [0.4, 0.5) is 10.5 Å². The second kappa shape index (κ2) is 17.3. The van der Waals surface area contributed by atoms with Crippen LogP contribution in [0.2, 0.25) is 5.02 Å². The summed E-state index contributed by atoms with van der Waals surface area (Å²) in [5, 5.41) is 4.20. The van der Waals surface area contributed by atoms with E-state index in [1.165, 1.54) is 35.9 Å². The van der Waals surface area contributed by atoms with Gasteiger partial charge in [0.15, 0.2) is 11.5 Å². The smallest absolute Gasteiger partial charge is 0.410 e. The molecule has 2 saturated carbocycles. The molecule has 2 heterocycles. The third-order valence-electron chi connectivity index (χ3n) is 15.1. The third-order valence-corrected chi connectivity index (χ3v) is 15.3. The Morgan fingerprint density at radius 1 is 0.968 bits per heavy atom. The van der Waals surface area contributed by atoms with Crippen molar-refractivity contribution in [1.29, 1.82) is 0 Å². The van der Waals surface area contributed by atoms with E-state index >= 15 is 0 Å². The highest BCUT2D eigenvalue weighted by molar-refractivity contribution is 6.30. The second-order valence-corrected chi connectivity index (χ2v) is 19.3. The summed E-state index contributed by atoms with van der Waals surface area (Å²) < 4.78 is 31.3. The Bertz CT molecular complexity index is 2270. The first-order chi connectivity index (χ1) is 30.0. The van der Waals surface area contributed by atoms with Gasteiger partial charge in [0.25, 0.3) is 0 Å². The molecule has 62 heavy (non-hydrogen) atoms. The number of ether oxygens (including phenoxy) is 5. The molecule has 4 atom stereocenters. The molecule has 1 amide bonds. The maximum Gasteiger partial charge on any atom is 0.410 e. The number of esters is 1. The standard InChI is InChI=1S/C51H60ClN3O7/c1-33(29-59-43-16-23-53-42-15-8-10-34(2)46(42)43)24-37-25-36-26-44-45(61-32-38(31-60-44)51(21-22-51)55(3)48(57)62-30-35-11-6-5-7-12-35)28-41(36)49(37)17-19-50(20-18-49,47(56)58-4)54-40-14-9-13-39(52)27-40/h5-7,9,11-14,16,23,26-28,33-34,37-38,54H,8,10,15,17-22,24-25,29-32H2,1-4H3/t33-,34-,37+,38?,49?,50?/m1/s1. The zero-order chi connectivity index (χ0) is 43.1. The van der Waals surface area contributed by atoms with Crippen LogP contribution in [0.1, 0.15) is 106 Å². The molecule has 1 unspecified atom stereocenters. The molecule has 0 radical (unpaired) electrons. The predicted molar refractivity (Wildman–Crippen MR) is 239 cm³/mol. The zero-order valence-corrected chi connectivity index (χ0v) is 37.3. The van der Waals surface area contributed by atoms with Crippen LogP contribution >= 0.6 is 11.6 Å². The normalized spacial score (nSPS) is 26.0. The molecule has 1 aliphatic heterocycles. The van der Waals surface area contributed by atoms with E-state index in [4.69, 9.17) is 40.3 Å². The van der Waals surface area contributed by atoms with Crippen LogP contribution in [-0.2, 0) is 39.1 Å². The van der Waals surface area contributed by atoms with E-state index in [0.29, 0.717) is 49.5 Å². The van der Waals surface area contributed by atoms with Gasteiger partial charge in [-0.3, -0.25) is 4.98 Å². The summed E-state index contributed by atoms with van der Waals surface area (Å²) in [4.78, 5) is 33.6. The fourth-order valence-corrected chi connectivity index (χ4v) is 11.6. The average Bonchev–Trinajstić information content (AvgIpc) is 4.08. The Labute approximate surface area is 371 Å². The van der Waals surface area contributed by atoms with E-state index in [9.17, 15) is 9.59 Å². The van der Waals surface area contributed by atoms with Gasteiger partial charge in [-0.25, -0.2) is 9.59 Å². The summed E-state index contributed by atoms with van der Waals surface area (Å²) in [6.07, 6.45) is 11.3. The number of hydrogen-bond acceptors (Lipinski definition) is 9. The van der Waals surface area contributed by atoms with E-state index in [0.717, 1.165) is 79.9 Å². The van der Waals surface area contributed by atoms with Crippen molar-refractivity contribution in [2.45, 2.75) is 113 Å². The number of methoxy groups -OCH3 is 1. The topological polar surface area (TPSA) is 108 Å². The van der Waals surface area contributed by atoms with Crippen molar-refractivity contribution in [3.05, 3.63) is 112 Å². The monoisotopic (exact) mass is 861 g/mol. The Balaban J connectivity index is 0.953. The molecule has 1 aromatic heterocycles. The number of benzene rings is 3. The first-order valence-corrected chi connectivity index (χ1v) is 23.0. The molecule has 4 aliphatic carbocycles. The summed E-state index contributed by atoms with van der Waals surface area (Å²) >= 11 is 6.41. The fourth-order valence-electron chi connectivity index (χ4n) is 11.4. The van der Waals surface area contributed by atoms with Crippen molar-refractivity contribution >= 4 is 29.4 Å². The van der Waals surface area contributed by atoms with Gasteiger partial charge in [0.05, 0.1) is 38.4 Å². The number of amides is 1. The van der Waals surface area contributed by atoms with Crippen LogP contribution in [0.25, 0.3) is 0 Å². The number of anilines is 1. The van der Waals surface area contributed by atoms with Gasteiger partial charge in [-0.15, -0.1) is 0 Å².